The number of amides is 1. The SMILES string of the molecule is COc1cc(C(N)=O)c(N)cc1O. The summed E-state index contributed by atoms with van der Waals surface area (Å²) in [6.07, 6.45) is 0. The number of nitrogen functional groups attached to an aromatic ring is 1. The zero-order valence-electron chi connectivity index (χ0n) is 7.07. The van der Waals surface area contributed by atoms with E-state index in [9.17, 15) is 9.90 Å². The van der Waals surface area contributed by atoms with E-state index in [1.165, 1.54) is 19.2 Å². The molecule has 0 heterocycles. The normalized spacial score (nSPS) is 9.62. The minimum absolute atomic E-state index is 0.120. The van der Waals surface area contributed by atoms with E-state index >= 15 is 0 Å². The first kappa shape index (κ1) is 9.18. The third-order valence-electron chi connectivity index (χ3n) is 1.62. The van der Waals surface area contributed by atoms with Crippen LogP contribution in [-0.2, 0) is 0 Å². The molecule has 0 saturated carbocycles. The topological polar surface area (TPSA) is 98.6 Å². The number of hydrogen-bond acceptors (Lipinski definition) is 4. The number of hydrogen-bond donors (Lipinski definition) is 3. The Morgan fingerprint density at radius 3 is 2.62 bits per heavy atom. The molecule has 1 amide bonds. The third-order valence-corrected chi connectivity index (χ3v) is 1.62. The van der Waals surface area contributed by atoms with Crippen molar-refractivity contribution in [3.05, 3.63) is 17.7 Å². The predicted octanol–water partition coefficient (Wildman–Crippen LogP) is 0.0819. The van der Waals surface area contributed by atoms with E-state index in [-0.39, 0.29) is 22.7 Å². The summed E-state index contributed by atoms with van der Waals surface area (Å²) in [7, 11) is 1.37. The van der Waals surface area contributed by atoms with Gasteiger partial charge in [-0.1, -0.05) is 0 Å². The molecular weight excluding hydrogens is 172 g/mol. The van der Waals surface area contributed by atoms with Gasteiger partial charge < -0.3 is 21.3 Å². The van der Waals surface area contributed by atoms with Crippen molar-refractivity contribution < 1.29 is 14.6 Å². The fraction of sp³-hybridized carbons (Fsp3) is 0.125. The Morgan fingerprint density at radius 1 is 1.54 bits per heavy atom. The molecule has 0 saturated heterocycles. The molecular formula is C8H10N2O3. The van der Waals surface area contributed by atoms with Crippen molar-refractivity contribution in [2.45, 2.75) is 0 Å². The highest BCUT2D eigenvalue weighted by atomic mass is 16.5. The molecule has 0 atom stereocenters. The van der Waals surface area contributed by atoms with Gasteiger partial charge >= 0.3 is 0 Å². The van der Waals surface area contributed by atoms with Gasteiger partial charge in [-0.25, -0.2) is 0 Å². The summed E-state index contributed by atoms with van der Waals surface area (Å²) in [5.74, 6) is -0.608. The Hall–Kier alpha value is -1.91. The van der Waals surface area contributed by atoms with Crippen LogP contribution in [0.1, 0.15) is 10.4 Å². The van der Waals surface area contributed by atoms with Crippen molar-refractivity contribution in [2.24, 2.45) is 5.73 Å². The first-order valence-electron chi connectivity index (χ1n) is 3.52. The Balaban J connectivity index is 3.30. The molecule has 0 aliphatic carbocycles. The fourth-order valence-corrected chi connectivity index (χ4v) is 0.961. The average Bonchev–Trinajstić information content (AvgIpc) is 2.03. The van der Waals surface area contributed by atoms with Gasteiger partial charge in [0.05, 0.1) is 12.7 Å². The summed E-state index contributed by atoms with van der Waals surface area (Å²) < 4.78 is 4.78. The number of ether oxygens (including phenoxy) is 1. The van der Waals surface area contributed by atoms with E-state index in [1.807, 2.05) is 0 Å². The van der Waals surface area contributed by atoms with Gasteiger partial charge in [-0.3, -0.25) is 4.79 Å². The summed E-state index contributed by atoms with van der Waals surface area (Å²) in [5, 5.41) is 9.24. The first-order valence-corrected chi connectivity index (χ1v) is 3.52. The predicted molar refractivity (Wildman–Crippen MR) is 47.6 cm³/mol. The number of carbonyl (C=O) groups is 1. The Bertz CT molecular complexity index is 349. The maximum Gasteiger partial charge on any atom is 0.250 e. The van der Waals surface area contributed by atoms with Gasteiger partial charge in [0.15, 0.2) is 11.5 Å². The molecule has 1 aromatic carbocycles. The standard InChI is InChI=1S/C8H10N2O3/c1-13-7-2-4(8(10)12)5(9)3-6(7)11/h2-3,11H,9H2,1H3,(H2,10,12). The van der Waals surface area contributed by atoms with Gasteiger partial charge in [0.1, 0.15) is 0 Å². The van der Waals surface area contributed by atoms with Crippen LogP contribution in [0.5, 0.6) is 11.5 Å². The number of carbonyl (C=O) groups excluding carboxylic acids is 1. The number of methoxy groups -OCH3 is 1. The molecule has 0 aliphatic rings. The molecule has 0 fully saturated rings. The minimum atomic E-state index is -0.657. The molecule has 0 radical (unpaired) electrons. The second kappa shape index (κ2) is 3.22. The summed E-state index contributed by atoms with van der Waals surface area (Å²) in [6.45, 7) is 0. The lowest BCUT2D eigenvalue weighted by molar-refractivity contribution is 0.100. The van der Waals surface area contributed by atoms with Gasteiger partial charge in [-0.15, -0.1) is 0 Å². The molecule has 5 heteroatoms. The van der Waals surface area contributed by atoms with Gasteiger partial charge in [0, 0.05) is 11.8 Å². The number of phenolic OH excluding ortho intramolecular Hbond substituents is 1. The molecule has 0 aromatic heterocycles. The molecule has 1 aromatic rings. The van der Waals surface area contributed by atoms with Crippen LogP contribution in [0.2, 0.25) is 0 Å². The minimum Gasteiger partial charge on any atom is -0.504 e. The van der Waals surface area contributed by atoms with E-state index < -0.39 is 5.91 Å². The lowest BCUT2D eigenvalue weighted by atomic mass is 10.1. The number of rotatable bonds is 2. The zero-order valence-corrected chi connectivity index (χ0v) is 7.07. The maximum atomic E-state index is 10.8. The molecule has 0 aliphatic heterocycles. The molecule has 0 unspecified atom stereocenters. The quantitative estimate of drug-likeness (QED) is 0.564. The summed E-state index contributed by atoms with van der Waals surface area (Å²) in [6, 6.07) is 2.52. The molecule has 0 bridgehead atoms. The zero-order chi connectivity index (χ0) is 10.0. The highest BCUT2D eigenvalue weighted by Gasteiger charge is 2.10. The van der Waals surface area contributed by atoms with Crippen molar-refractivity contribution in [2.75, 3.05) is 12.8 Å². The molecule has 1 rings (SSSR count). The van der Waals surface area contributed by atoms with Crippen LogP contribution in [0.3, 0.4) is 0 Å². The number of aromatic hydroxyl groups is 1. The van der Waals surface area contributed by atoms with E-state index in [1.54, 1.807) is 0 Å². The van der Waals surface area contributed by atoms with Gasteiger partial charge in [0.2, 0.25) is 0 Å². The second-order valence-electron chi connectivity index (χ2n) is 2.48. The Labute approximate surface area is 74.9 Å². The van der Waals surface area contributed by atoms with Crippen molar-refractivity contribution in [3.8, 4) is 11.5 Å². The summed E-state index contributed by atoms with van der Waals surface area (Å²) >= 11 is 0. The molecule has 0 spiro atoms. The monoisotopic (exact) mass is 182 g/mol. The van der Waals surface area contributed by atoms with Crippen molar-refractivity contribution in [1.29, 1.82) is 0 Å². The van der Waals surface area contributed by atoms with Crippen molar-refractivity contribution >= 4 is 11.6 Å². The van der Waals surface area contributed by atoms with E-state index in [2.05, 4.69) is 0 Å². The first-order chi connectivity index (χ1) is 6.06. The summed E-state index contributed by atoms with van der Waals surface area (Å²) in [4.78, 5) is 10.8. The number of benzene rings is 1. The van der Waals surface area contributed by atoms with Gasteiger partial charge in [0.25, 0.3) is 5.91 Å². The number of anilines is 1. The molecule has 70 valence electrons. The van der Waals surface area contributed by atoms with Crippen LogP contribution in [0.25, 0.3) is 0 Å². The Morgan fingerprint density at radius 2 is 2.15 bits per heavy atom. The van der Waals surface area contributed by atoms with Crippen molar-refractivity contribution in [3.63, 3.8) is 0 Å². The van der Waals surface area contributed by atoms with Crippen LogP contribution < -0.4 is 16.2 Å². The van der Waals surface area contributed by atoms with Crippen LogP contribution in [0, 0.1) is 0 Å². The van der Waals surface area contributed by atoms with Crippen LogP contribution in [0.4, 0.5) is 5.69 Å². The van der Waals surface area contributed by atoms with Crippen LogP contribution >= 0.6 is 0 Å². The summed E-state index contributed by atoms with van der Waals surface area (Å²) in [5.41, 5.74) is 10.7. The number of nitrogens with two attached hydrogens (primary N) is 2. The smallest absolute Gasteiger partial charge is 0.250 e. The largest absolute Gasteiger partial charge is 0.504 e. The lowest BCUT2D eigenvalue weighted by Crippen LogP contribution is -2.13. The molecule has 13 heavy (non-hydrogen) atoms. The number of primary amides is 1. The Kier molecular flexibility index (Phi) is 2.27. The molecule has 5 nitrogen and oxygen atoms in total. The van der Waals surface area contributed by atoms with Gasteiger partial charge in [-0.05, 0) is 6.07 Å². The number of phenols is 1. The average molecular weight is 182 g/mol. The van der Waals surface area contributed by atoms with Crippen LogP contribution in [0.15, 0.2) is 12.1 Å². The highest BCUT2D eigenvalue weighted by molar-refractivity contribution is 5.98. The van der Waals surface area contributed by atoms with E-state index in [4.69, 9.17) is 16.2 Å². The van der Waals surface area contributed by atoms with Gasteiger partial charge in [-0.2, -0.15) is 0 Å². The molecule has 5 N–H and O–H groups in total. The van der Waals surface area contributed by atoms with Crippen molar-refractivity contribution in [1.82, 2.24) is 0 Å². The van der Waals surface area contributed by atoms with E-state index in [0.29, 0.717) is 0 Å². The third kappa shape index (κ3) is 1.64. The maximum absolute atomic E-state index is 10.8. The fourth-order valence-electron chi connectivity index (χ4n) is 0.961. The highest BCUT2D eigenvalue weighted by Crippen LogP contribution is 2.30. The second-order valence-corrected chi connectivity index (χ2v) is 2.48. The van der Waals surface area contributed by atoms with Crippen LogP contribution in [-0.4, -0.2) is 18.1 Å². The lowest BCUT2D eigenvalue weighted by Gasteiger charge is -2.06. The van der Waals surface area contributed by atoms with E-state index in [0.717, 1.165) is 0 Å².